The summed E-state index contributed by atoms with van der Waals surface area (Å²) in [5.74, 6) is -0.337. The van der Waals surface area contributed by atoms with Crippen LogP contribution in [0.5, 0.6) is 0 Å². The predicted octanol–water partition coefficient (Wildman–Crippen LogP) is 1.55. The van der Waals surface area contributed by atoms with Gasteiger partial charge in [-0.05, 0) is 23.3 Å². The number of hydrogen-bond acceptors (Lipinski definition) is 3. The second-order valence-electron chi connectivity index (χ2n) is 5.10. The van der Waals surface area contributed by atoms with E-state index < -0.39 is 11.6 Å². The minimum Gasteiger partial charge on any atom is -0.399 e. The Labute approximate surface area is 122 Å². The fraction of sp³-hybridized carbons (Fsp3) is 0.125. The highest BCUT2D eigenvalue weighted by Gasteiger charge is 2.47. The average Bonchev–Trinajstić information content (AvgIpc) is 2.77. The summed E-state index contributed by atoms with van der Waals surface area (Å²) >= 11 is 0. The lowest BCUT2D eigenvalue weighted by atomic mass is 9.84. The highest BCUT2D eigenvalue weighted by Crippen LogP contribution is 2.29. The molecule has 0 spiro atoms. The number of nitrogens with one attached hydrogen (secondary N) is 2. The van der Waals surface area contributed by atoms with E-state index in [-0.39, 0.29) is 5.91 Å². The zero-order valence-corrected chi connectivity index (χ0v) is 11.3. The van der Waals surface area contributed by atoms with Gasteiger partial charge in [0.25, 0.3) is 5.91 Å². The molecule has 1 saturated heterocycles. The van der Waals surface area contributed by atoms with Crippen molar-refractivity contribution in [3.8, 4) is 0 Å². The van der Waals surface area contributed by atoms with Crippen molar-refractivity contribution < 1.29 is 9.59 Å². The molecule has 1 aliphatic rings. The fourth-order valence-electron chi connectivity index (χ4n) is 2.59. The molecule has 1 fully saturated rings. The maximum Gasteiger partial charge on any atom is 0.322 e. The summed E-state index contributed by atoms with van der Waals surface area (Å²) in [6, 6.07) is 16.0. The fourth-order valence-corrected chi connectivity index (χ4v) is 2.59. The van der Waals surface area contributed by atoms with E-state index in [2.05, 4.69) is 10.6 Å². The first-order valence-corrected chi connectivity index (χ1v) is 6.64. The zero-order chi connectivity index (χ0) is 14.9. The lowest BCUT2D eigenvalue weighted by Gasteiger charge is -2.26. The number of carbonyl (C=O) groups is 2. The molecule has 0 aliphatic carbocycles. The van der Waals surface area contributed by atoms with Gasteiger partial charge in [0.2, 0.25) is 0 Å². The Balaban J connectivity index is 2.03. The summed E-state index contributed by atoms with van der Waals surface area (Å²) in [7, 11) is 0. The number of nitrogen functional groups attached to an aromatic ring is 1. The SMILES string of the molecule is Nc1ccc(CC2(c3ccccc3)NC(=O)NC2=O)cc1. The molecule has 0 aromatic heterocycles. The van der Waals surface area contributed by atoms with Crippen LogP contribution in [-0.4, -0.2) is 11.9 Å². The van der Waals surface area contributed by atoms with Crippen LogP contribution in [0.3, 0.4) is 0 Å². The number of imide groups is 1. The Morgan fingerprint density at radius 1 is 0.952 bits per heavy atom. The summed E-state index contributed by atoms with van der Waals surface area (Å²) in [6.45, 7) is 0. The molecule has 2 aromatic rings. The van der Waals surface area contributed by atoms with Gasteiger partial charge in [-0.3, -0.25) is 10.1 Å². The van der Waals surface area contributed by atoms with Gasteiger partial charge in [0.05, 0.1) is 0 Å². The van der Waals surface area contributed by atoms with Crippen molar-refractivity contribution in [1.82, 2.24) is 10.6 Å². The van der Waals surface area contributed by atoms with Crippen molar-refractivity contribution >= 4 is 17.6 Å². The summed E-state index contributed by atoms with van der Waals surface area (Å²) in [4.78, 5) is 24.0. The van der Waals surface area contributed by atoms with Crippen LogP contribution in [-0.2, 0) is 16.8 Å². The molecule has 0 bridgehead atoms. The van der Waals surface area contributed by atoms with Crippen LogP contribution >= 0.6 is 0 Å². The largest absolute Gasteiger partial charge is 0.399 e. The van der Waals surface area contributed by atoms with Crippen LogP contribution < -0.4 is 16.4 Å². The molecular weight excluding hydrogens is 266 g/mol. The smallest absolute Gasteiger partial charge is 0.322 e. The van der Waals surface area contributed by atoms with E-state index >= 15 is 0 Å². The number of carbonyl (C=O) groups excluding carboxylic acids is 2. The van der Waals surface area contributed by atoms with Crippen molar-refractivity contribution in [2.24, 2.45) is 0 Å². The first kappa shape index (κ1) is 13.2. The number of nitrogens with two attached hydrogens (primary N) is 1. The predicted molar refractivity (Wildman–Crippen MR) is 79.4 cm³/mol. The van der Waals surface area contributed by atoms with Crippen molar-refractivity contribution in [3.05, 3.63) is 65.7 Å². The van der Waals surface area contributed by atoms with E-state index in [0.29, 0.717) is 12.1 Å². The van der Waals surface area contributed by atoms with Gasteiger partial charge in [-0.15, -0.1) is 0 Å². The van der Waals surface area contributed by atoms with Gasteiger partial charge in [0, 0.05) is 12.1 Å². The third kappa shape index (κ3) is 2.33. The standard InChI is InChI=1S/C16H15N3O2/c17-13-8-6-11(7-9-13)10-16(12-4-2-1-3-5-12)14(20)18-15(21)19-16/h1-9H,10,17H2,(H2,18,19,20,21). The summed E-state index contributed by atoms with van der Waals surface area (Å²) in [6.07, 6.45) is 0.370. The first-order valence-electron chi connectivity index (χ1n) is 6.64. The molecule has 5 heteroatoms. The van der Waals surface area contributed by atoms with Gasteiger partial charge in [0.15, 0.2) is 5.54 Å². The van der Waals surface area contributed by atoms with Gasteiger partial charge in [-0.25, -0.2) is 4.79 Å². The summed E-state index contributed by atoms with van der Waals surface area (Å²) in [5, 5.41) is 5.09. The molecule has 4 N–H and O–H groups in total. The second kappa shape index (κ2) is 4.94. The van der Waals surface area contributed by atoms with Crippen molar-refractivity contribution in [2.75, 3.05) is 5.73 Å². The van der Waals surface area contributed by atoms with Crippen molar-refractivity contribution in [3.63, 3.8) is 0 Å². The number of rotatable bonds is 3. The van der Waals surface area contributed by atoms with Gasteiger partial charge in [0.1, 0.15) is 0 Å². The number of benzene rings is 2. The van der Waals surface area contributed by atoms with Gasteiger partial charge >= 0.3 is 6.03 Å². The zero-order valence-electron chi connectivity index (χ0n) is 11.3. The Hall–Kier alpha value is -2.82. The Morgan fingerprint density at radius 2 is 1.62 bits per heavy atom. The minimum absolute atomic E-state index is 0.337. The molecule has 1 heterocycles. The van der Waals surface area contributed by atoms with E-state index in [1.165, 1.54) is 0 Å². The first-order chi connectivity index (χ1) is 10.1. The number of urea groups is 1. The Bertz CT molecular complexity index is 682. The number of amides is 3. The Kier molecular flexibility index (Phi) is 3.10. The van der Waals surface area contributed by atoms with E-state index in [0.717, 1.165) is 11.1 Å². The molecule has 2 aromatic carbocycles. The highest BCUT2D eigenvalue weighted by atomic mass is 16.2. The van der Waals surface area contributed by atoms with Crippen LogP contribution in [0, 0.1) is 0 Å². The monoisotopic (exact) mass is 281 g/mol. The molecule has 3 amide bonds. The van der Waals surface area contributed by atoms with Gasteiger partial charge in [-0.2, -0.15) is 0 Å². The lowest BCUT2D eigenvalue weighted by molar-refractivity contribution is -0.124. The minimum atomic E-state index is -1.07. The van der Waals surface area contributed by atoms with E-state index in [4.69, 9.17) is 5.73 Å². The third-order valence-electron chi connectivity index (χ3n) is 3.66. The van der Waals surface area contributed by atoms with E-state index in [1.54, 1.807) is 12.1 Å². The topological polar surface area (TPSA) is 84.2 Å². The molecule has 0 saturated carbocycles. The summed E-state index contributed by atoms with van der Waals surface area (Å²) < 4.78 is 0. The molecule has 106 valence electrons. The third-order valence-corrected chi connectivity index (χ3v) is 3.66. The van der Waals surface area contributed by atoms with Crippen LogP contribution in [0.2, 0.25) is 0 Å². The van der Waals surface area contributed by atoms with E-state index in [9.17, 15) is 9.59 Å². The highest BCUT2D eigenvalue weighted by molar-refractivity contribution is 6.07. The molecule has 1 unspecified atom stereocenters. The van der Waals surface area contributed by atoms with Crippen LogP contribution in [0.15, 0.2) is 54.6 Å². The maximum atomic E-state index is 12.4. The van der Waals surface area contributed by atoms with Crippen LogP contribution in [0.25, 0.3) is 0 Å². The number of hydrogen-bond donors (Lipinski definition) is 3. The Morgan fingerprint density at radius 3 is 2.19 bits per heavy atom. The quantitative estimate of drug-likeness (QED) is 0.589. The maximum absolute atomic E-state index is 12.4. The molecule has 5 nitrogen and oxygen atoms in total. The molecule has 1 aliphatic heterocycles. The molecule has 3 rings (SSSR count). The van der Waals surface area contributed by atoms with Crippen LogP contribution in [0.4, 0.5) is 10.5 Å². The average molecular weight is 281 g/mol. The number of anilines is 1. The van der Waals surface area contributed by atoms with Crippen molar-refractivity contribution in [2.45, 2.75) is 12.0 Å². The molecule has 0 radical (unpaired) electrons. The molecule has 21 heavy (non-hydrogen) atoms. The van der Waals surface area contributed by atoms with Crippen LogP contribution in [0.1, 0.15) is 11.1 Å². The van der Waals surface area contributed by atoms with Gasteiger partial charge in [-0.1, -0.05) is 42.5 Å². The summed E-state index contributed by atoms with van der Waals surface area (Å²) in [5.41, 5.74) is 6.94. The normalized spacial score (nSPS) is 21.0. The van der Waals surface area contributed by atoms with Crippen molar-refractivity contribution in [1.29, 1.82) is 0 Å². The molecular formula is C16H15N3O2. The lowest BCUT2D eigenvalue weighted by Crippen LogP contribution is -2.45. The van der Waals surface area contributed by atoms with E-state index in [1.807, 2.05) is 42.5 Å². The van der Waals surface area contributed by atoms with Gasteiger partial charge < -0.3 is 11.1 Å². The second-order valence-corrected chi connectivity index (χ2v) is 5.10. The molecule has 1 atom stereocenters.